The number of aryl methyl sites for hydroxylation is 1. The number of barbiturate groups is 1. The number of aromatic nitrogens is 2. The molecular weight excluding hydrogens is 404 g/mol. The predicted octanol–water partition coefficient (Wildman–Crippen LogP) is 1.89. The van der Waals surface area contributed by atoms with E-state index < -0.39 is 23.4 Å². The zero-order valence-corrected chi connectivity index (χ0v) is 16.9. The van der Waals surface area contributed by atoms with Crippen LogP contribution in [-0.4, -0.2) is 46.9 Å². The molecule has 0 bridgehead atoms. The van der Waals surface area contributed by atoms with E-state index in [-0.39, 0.29) is 18.8 Å². The van der Waals surface area contributed by atoms with Crippen LogP contribution in [0.2, 0.25) is 0 Å². The highest BCUT2D eigenvalue weighted by Gasteiger charge is 2.52. The number of carbonyl (C=O) groups excluding carboxylic acids is 3. The van der Waals surface area contributed by atoms with E-state index >= 15 is 0 Å². The number of urea groups is 1. The normalized spacial score (nSPS) is 15.5. The number of methoxy groups -OCH3 is 1. The van der Waals surface area contributed by atoms with Crippen molar-refractivity contribution in [1.29, 1.82) is 0 Å². The molecule has 0 radical (unpaired) electrons. The van der Waals surface area contributed by atoms with Crippen molar-refractivity contribution >= 4 is 28.7 Å². The summed E-state index contributed by atoms with van der Waals surface area (Å²) >= 11 is 0. The zero-order valence-electron chi connectivity index (χ0n) is 16.9. The van der Waals surface area contributed by atoms with E-state index in [2.05, 4.69) is 15.7 Å². The fraction of sp³-hybridized carbons (Fsp3) is 0.238. The first-order valence-corrected chi connectivity index (χ1v) is 9.46. The Morgan fingerprint density at radius 3 is 2.29 bits per heavy atom. The molecule has 1 aromatic heterocycles. The number of carbonyl (C=O) groups is 3. The Balaban J connectivity index is 1.52. The Kier molecular flexibility index (Phi) is 5.30. The maximum atomic E-state index is 12.5. The fourth-order valence-electron chi connectivity index (χ4n) is 3.28. The summed E-state index contributed by atoms with van der Waals surface area (Å²) in [5.41, 5.74) is -0.933. The fourth-order valence-corrected chi connectivity index (χ4v) is 3.28. The van der Waals surface area contributed by atoms with Gasteiger partial charge in [-0.05, 0) is 42.5 Å². The number of imide groups is 2. The molecule has 0 atom stereocenters. The summed E-state index contributed by atoms with van der Waals surface area (Å²) in [6, 6.07) is 11.2. The van der Waals surface area contributed by atoms with Gasteiger partial charge in [0, 0.05) is 26.0 Å². The van der Waals surface area contributed by atoms with Crippen LogP contribution in [0, 0.1) is 0 Å². The smallest absolute Gasteiger partial charge is 0.328 e. The summed E-state index contributed by atoms with van der Waals surface area (Å²) < 4.78 is 18.4. The van der Waals surface area contributed by atoms with Gasteiger partial charge in [0.05, 0.1) is 18.3 Å². The van der Waals surface area contributed by atoms with Crippen LogP contribution in [0.5, 0.6) is 17.2 Å². The van der Waals surface area contributed by atoms with Crippen LogP contribution >= 0.6 is 0 Å². The lowest BCUT2D eigenvalue weighted by Crippen LogP contribution is -2.69. The van der Waals surface area contributed by atoms with Crippen LogP contribution in [0.3, 0.4) is 0 Å². The second-order valence-corrected chi connectivity index (χ2v) is 6.97. The van der Waals surface area contributed by atoms with Gasteiger partial charge in [-0.3, -0.25) is 24.9 Å². The maximum Gasteiger partial charge on any atom is 0.328 e. The van der Waals surface area contributed by atoms with Crippen molar-refractivity contribution < 1.29 is 28.6 Å². The molecule has 2 heterocycles. The molecule has 0 spiro atoms. The van der Waals surface area contributed by atoms with Gasteiger partial charge >= 0.3 is 6.03 Å². The van der Waals surface area contributed by atoms with E-state index in [0.717, 1.165) is 10.9 Å². The average molecular weight is 424 g/mol. The zero-order chi connectivity index (χ0) is 22.0. The van der Waals surface area contributed by atoms with Crippen LogP contribution in [0.15, 0.2) is 48.7 Å². The number of fused-ring (bicyclic) bond motifs is 1. The molecule has 1 saturated heterocycles. The topological polar surface area (TPSA) is 121 Å². The number of nitrogens with zero attached hydrogens (tertiary/aromatic N) is 2. The number of rotatable bonds is 7. The molecule has 1 aliphatic heterocycles. The largest absolute Gasteiger partial charge is 0.467 e. The minimum absolute atomic E-state index is 0.0716. The summed E-state index contributed by atoms with van der Waals surface area (Å²) in [4.78, 5) is 36.3. The molecule has 2 aromatic carbocycles. The van der Waals surface area contributed by atoms with Crippen molar-refractivity contribution in [2.24, 2.45) is 7.05 Å². The first-order valence-electron chi connectivity index (χ1n) is 9.46. The monoisotopic (exact) mass is 424 g/mol. The van der Waals surface area contributed by atoms with Crippen molar-refractivity contribution in [3.8, 4) is 17.2 Å². The van der Waals surface area contributed by atoms with Crippen LogP contribution in [0.1, 0.15) is 6.42 Å². The van der Waals surface area contributed by atoms with E-state index in [9.17, 15) is 14.4 Å². The number of benzene rings is 2. The highest BCUT2D eigenvalue weighted by molar-refractivity contribution is 6.21. The standard InChI is InChI=1S/C21H20N4O6/c1-25-17-8-7-16(11-13(17)12-22-25)30-14-3-5-15(6-4-14)31-21(9-10-29-2)18(26)23-20(28)24-19(21)27/h3-8,11-12H,9-10H2,1-2H3,(H2,23,24,26,27,28). The van der Waals surface area contributed by atoms with Crippen molar-refractivity contribution in [3.63, 3.8) is 0 Å². The quantitative estimate of drug-likeness (QED) is 0.556. The van der Waals surface area contributed by atoms with Crippen molar-refractivity contribution in [1.82, 2.24) is 20.4 Å². The summed E-state index contributed by atoms with van der Waals surface area (Å²) in [7, 11) is 3.30. The van der Waals surface area contributed by atoms with Gasteiger partial charge in [0.2, 0.25) is 0 Å². The van der Waals surface area contributed by atoms with Crippen LogP contribution in [0.4, 0.5) is 4.79 Å². The third-order valence-corrected chi connectivity index (χ3v) is 4.92. The molecule has 1 aliphatic rings. The molecule has 0 unspecified atom stereocenters. The molecule has 10 nitrogen and oxygen atoms in total. The SMILES string of the molecule is COCCC1(Oc2ccc(Oc3ccc4c(cnn4C)c3)cc2)C(=O)NC(=O)NC1=O. The summed E-state index contributed by atoms with van der Waals surface area (Å²) in [5, 5.41) is 9.29. The Bertz CT molecular complexity index is 1130. The Morgan fingerprint density at radius 1 is 0.968 bits per heavy atom. The Hall–Kier alpha value is -3.92. The molecule has 4 amide bonds. The summed E-state index contributed by atoms with van der Waals surface area (Å²) in [5.74, 6) is -0.262. The van der Waals surface area contributed by atoms with Gasteiger partial charge in [0.1, 0.15) is 17.2 Å². The van der Waals surface area contributed by atoms with E-state index in [4.69, 9.17) is 14.2 Å². The molecule has 0 saturated carbocycles. The molecule has 160 valence electrons. The molecule has 4 rings (SSSR count). The summed E-state index contributed by atoms with van der Waals surface area (Å²) in [6.07, 6.45) is 1.68. The summed E-state index contributed by atoms with van der Waals surface area (Å²) in [6.45, 7) is 0.0764. The second kappa shape index (κ2) is 8.07. The number of hydrogen-bond donors (Lipinski definition) is 2. The van der Waals surface area contributed by atoms with Crippen molar-refractivity contribution in [3.05, 3.63) is 48.7 Å². The minimum atomic E-state index is -1.92. The number of ether oxygens (including phenoxy) is 3. The van der Waals surface area contributed by atoms with E-state index in [1.807, 2.05) is 25.2 Å². The van der Waals surface area contributed by atoms with Gasteiger partial charge in [-0.15, -0.1) is 0 Å². The van der Waals surface area contributed by atoms with Gasteiger partial charge < -0.3 is 14.2 Å². The predicted molar refractivity (Wildman–Crippen MR) is 109 cm³/mol. The average Bonchev–Trinajstić information content (AvgIpc) is 3.11. The molecule has 10 heteroatoms. The molecule has 1 fully saturated rings. The van der Waals surface area contributed by atoms with E-state index in [1.54, 1.807) is 35.1 Å². The van der Waals surface area contributed by atoms with Crippen LogP contribution in [-0.2, 0) is 21.4 Å². The number of hydrogen-bond acceptors (Lipinski definition) is 7. The third kappa shape index (κ3) is 3.92. The molecule has 31 heavy (non-hydrogen) atoms. The maximum absolute atomic E-state index is 12.5. The van der Waals surface area contributed by atoms with Gasteiger partial charge in [-0.1, -0.05) is 0 Å². The molecule has 3 aromatic rings. The van der Waals surface area contributed by atoms with Crippen molar-refractivity contribution in [2.75, 3.05) is 13.7 Å². The minimum Gasteiger partial charge on any atom is -0.467 e. The lowest BCUT2D eigenvalue weighted by molar-refractivity contribution is -0.153. The molecular formula is C21H20N4O6. The van der Waals surface area contributed by atoms with Gasteiger partial charge in [-0.2, -0.15) is 5.10 Å². The highest BCUT2D eigenvalue weighted by atomic mass is 16.5. The second-order valence-electron chi connectivity index (χ2n) is 6.97. The van der Waals surface area contributed by atoms with E-state index in [1.165, 1.54) is 7.11 Å². The lowest BCUT2D eigenvalue weighted by atomic mass is 9.95. The highest BCUT2D eigenvalue weighted by Crippen LogP contribution is 2.29. The Labute approximate surface area is 177 Å². The van der Waals surface area contributed by atoms with Gasteiger partial charge in [-0.25, -0.2) is 4.79 Å². The number of amides is 4. The first-order chi connectivity index (χ1) is 14.9. The van der Waals surface area contributed by atoms with E-state index in [0.29, 0.717) is 11.5 Å². The Morgan fingerprint density at radius 2 is 1.61 bits per heavy atom. The molecule has 2 N–H and O–H groups in total. The number of nitrogens with one attached hydrogen (secondary N) is 2. The van der Waals surface area contributed by atoms with Crippen LogP contribution < -0.4 is 20.1 Å². The van der Waals surface area contributed by atoms with Gasteiger partial charge in [0.25, 0.3) is 17.4 Å². The first kappa shape index (κ1) is 20.4. The molecule has 0 aliphatic carbocycles. The van der Waals surface area contributed by atoms with Crippen molar-refractivity contribution in [2.45, 2.75) is 12.0 Å². The lowest BCUT2D eigenvalue weighted by Gasteiger charge is -2.34. The van der Waals surface area contributed by atoms with Gasteiger partial charge in [0.15, 0.2) is 0 Å². The third-order valence-electron chi connectivity index (χ3n) is 4.92. The van der Waals surface area contributed by atoms with Crippen LogP contribution in [0.25, 0.3) is 10.9 Å².